The van der Waals surface area contributed by atoms with E-state index in [0.717, 1.165) is 53.0 Å². The highest BCUT2D eigenvalue weighted by Gasteiger charge is 2.34. The van der Waals surface area contributed by atoms with Crippen molar-refractivity contribution in [2.75, 3.05) is 6.54 Å². The number of amides is 2. The van der Waals surface area contributed by atoms with Crippen LogP contribution in [0, 0.1) is 13.8 Å². The number of carbonyl (C=O) groups is 2. The van der Waals surface area contributed by atoms with Gasteiger partial charge in [-0.3, -0.25) is 9.59 Å². The molecule has 2 unspecified atom stereocenters. The summed E-state index contributed by atoms with van der Waals surface area (Å²) in [5.74, 6) is 0.850. The summed E-state index contributed by atoms with van der Waals surface area (Å²) >= 11 is 0. The summed E-state index contributed by atoms with van der Waals surface area (Å²) in [6.07, 6.45) is 5.52. The van der Waals surface area contributed by atoms with Gasteiger partial charge >= 0.3 is 0 Å². The van der Waals surface area contributed by atoms with Crippen LogP contribution in [0.4, 0.5) is 0 Å². The Morgan fingerprint density at radius 1 is 1.24 bits per heavy atom. The lowest BCUT2D eigenvalue weighted by atomic mass is 9.94. The van der Waals surface area contributed by atoms with E-state index in [0.29, 0.717) is 19.4 Å². The van der Waals surface area contributed by atoms with Gasteiger partial charge in [0.25, 0.3) is 0 Å². The maximum absolute atomic E-state index is 13.7. The Morgan fingerprint density at radius 2 is 1.97 bits per heavy atom. The van der Waals surface area contributed by atoms with E-state index in [2.05, 4.69) is 15.3 Å². The molecular formula is C26H30N4O3. The molecule has 33 heavy (non-hydrogen) atoms. The molecule has 3 N–H and O–H groups in total. The van der Waals surface area contributed by atoms with E-state index >= 15 is 0 Å². The number of H-pyrrole nitrogens is 1. The number of nitrogens with one attached hydrogen (secondary N) is 2. The first-order valence-electron chi connectivity index (χ1n) is 11.4. The number of phenols is 1. The number of nitrogens with zero attached hydrogens (tertiary/aromatic N) is 2. The summed E-state index contributed by atoms with van der Waals surface area (Å²) < 4.78 is 0. The van der Waals surface area contributed by atoms with Gasteiger partial charge in [0.05, 0.1) is 17.9 Å². The van der Waals surface area contributed by atoms with Gasteiger partial charge in [-0.1, -0.05) is 30.3 Å². The van der Waals surface area contributed by atoms with E-state index in [1.165, 1.54) is 0 Å². The van der Waals surface area contributed by atoms with E-state index in [-0.39, 0.29) is 17.7 Å². The van der Waals surface area contributed by atoms with Gasteiger partial charge in [-0.2, -0.15) is 0 Å². The average molecular weight is 447 g/mol. The standard InChI is InChI=1S/C26H30N4O3/c1-17-12-20(32)13-18(2)21(17)14-22(28-16-31)26(33)30-11-7-6-10-24(30)25-27-15-23(29-25)19-8-4-3-5-9-19/h3-5,8-9,12-13,15-16,22,24,32H,6-7,10-11,14H2,1-2H3,(H,27,29)(H,28,31). The second-order valence-corrected chi connectivity index (χ2v) is 8.69. The van der Waals surface area contributed by atoms with Crippen LogP contribution in [0.25, 0.3) is 11.3 Å². The van der Waals surface area contributed by atoms with Crippen LogP contribution in [0.3, 0.4) is 0 Å². The molecule has 2 atom stereocenters. The first kappa shape index (κ1) is 22.6. The summed E-state index contributed by atoms with van der Waals surface area (Å²) in [6, 6.07) is 12.5. The van der Waals surface area contributed by atoms with Crippen LogP contribution in [0.15, 0.2) is 48.7 Å². The van der Waals surface area contributed by atoms with Gasteiger partial charge in [-0.05, 0) is 67.5 Å². The Morgan fingerprint density at radius 3 is 2.67 bits per heavy atom. The number of hydrogen-bond acceptors (Lipinski definition) is 4. The molecule has 2 heterocycles. The molecule has 0 bridgehead atoms. The molecule has 2 aromatic carbocycles. The minimum absolute atomic E-state index is 0.115. The Hall–Kier alpha value is -3.61. The van der Waals surface area contributed by atoms with Crippen molar-refractivity contribution in [1.29, 1.82) is 0 Å². The zero-order valence-corrected chi connectivity index (χ0v) is 19.0. The highest BCUT2D eigenvalue weighted by Crippen LogP contribution is 2.32. The Bertz CT molecular complexity index is 1100. The summed E-state index contributed by atoms with van der Waals surface area (Å²) in [5, 5.41) is 12.6. The second-order valence-electron chi connectivity index (χ2n) is 8.69. The van der Waals surface area contributed by atoms with Gasteiger partial charge < -0.3 is 20.3 Å². The number of aromatic nitrogens is 2. The van der Waals surface area contributed by atoms with E-state index in [1.54, 1.807) is 12.1 Å². The number of rotatable bonds is 7. The van der Waals surface area contributed by atoms with Gasteiger partial charge in [0.1, 0.15) is 17.6 Å². The number of aromatic amines is 1. The molecule has 0 aliphatic carbocycles. The lowest BCUT2D eigenvalue weighted by molar-refractivity contribution is -0.138. The van der Waals surface area contributed by atoms with E-state index in [1.807, 2.05) is 55.3 Å². The number of imidazole rings is 1. The average Bonchev–Trinajstić information content (AvgIpc) is 3.31. The first-order valence-corrected chi connectivity index (χ1v) is 11.4. The topological polar surface area (TPSA) is 98.3 Å². The maximum Gasteiger partial charge on any atom is 0.246 e. The molecule has 172 valence electrons. The molecule has 0 radical (unpaired) electrons. The molecule has 1 fully saturated rings. The highest BCUT2D eigenvalue weighted by molar-refractivity contribution is 5.84. The monoisotopic (exact) mass is 446 g/mol. The first-order chi connectivity index (χ1) is 16.0. The molecule has 7 nitrogen and oxygen atoms in total. The number of benzene rings is 2. The lowest BCUT2D eigenvalue weighted by Gasteiger charge is -2.37. The third kappa shape index (κ3) is 4.92. The van der Waals surface area contributed by atoms with Crippen molar-refractivity contribution in [1.82, 2.24) is 20.2 Å². The summed E-state index contributed by atoms with van der Waals surface area (Å²) in [5.41, 5.74) is 4.71. The zero-order valence-electron chi connectivity index (χ0n) is 19.0. The number of phenolic OH excluding ortho intramolecular Hbond substituents is 1. The molecule has 2 amide bonds. The highest BCUT2D eigenvalue weighted by atomic mass is 16.3. The normalized spacial score (nSPS) is 16.9. The lowest BCUT2D eigenvalue weighted by Crippen LogP contribution is -2.50. The number of carbonyl (C=O) groups excluding carboxylic acids is 2. The van der Waals surface area contributed by atoms with Gasteiger partial charge in [-0.25, -0.2) is 4.98 Å². The third-order valence-corrected chi connectivity index (χ3v) is 6.44. The van der Waals surface area contributed by atoms with Crippen LogP contribution < -0.4 is 5.32 Å². The smallest absolute Gasteiger partial charge is 0.246 e. The largest absolute Gasteiger partial charge is 0.508 e. The number of piperidine rings is 1. The van der Waals surface area contributed by atoms with Gasteiger partial charge in [0.15, 0.2) is 0 Å². The van der Waals surface area contributed by atoms with Gasteiger partial charge in [0.2, 0.25) is 12.3 Å². The summed E-state index contributed by atoms with van der Waals surface area (Å²) in [7, 11) is 0. The van der Waals surface area contributed by atoms with E-state index < -0.39 is 6.04 Å². The van der Waals surface area contributed by atoms with Crippen molar-refractivity contribution in [2.24, 2.45) is 0 Å². The van der Waals surface area contributed by atoms with Crippen molar-refractivity contribution in [3.63, 3.8) is 0 Å². The predicted molar refractivity (Wildman–Crippen MR) is 127 cm³/mol. The fraction of sp³-hybridized carbons (Fsp3) is 0.346. The Balaban J connectivity index is 1.59. The summed E-state index contributed by atoms with van der Waals surface area (Å²) in [4.78, 5) is 34.9. The molecular weight excluding hydrogens is 416 g/mol. The van der Waals surface area contributed by atoms with Crippen molar-refractivity contribution in [3.8, 4) is 17.0 Å². The molecule has 1 saturated heterocycles. The van der Waals surface area contributed by atoms with Crippen molar-refractivity contribution < 1.29 is 14.7 Å². The SMILES string of the molecule is Cc1cc(O)cc(C)c1CC(NC=O)C(=O)N1CCCCC1c1ncc(-c2ccccc2)[nH]1. The number of hydrogen-bond donors (Lipinski definition) is 3. The fourth-order valence-corrected chi connectivity index (χ4v) is 4.75. The predicted octanol–water partition coefficient (Wildman–Crippen LogP) is 3.81. The molecule has 1 aromatic heterocycles. The van der Waals surface area contributed by atoms with Crippen molar-refractivity contribution in [2.45, 2.75) is 51.6 Å². The van der Waals surface area contributed by atoms with Crippen molar-refractivity contribution in [3.05, 3.63) is 71.2 Å². The molecule has 0 saturated carbocycles. The molecule has 7 heteroatoms. The van der Waals surface area contributed by atoms with Crippen LogP contribution in [0.2, 0.25) is 0 Å². The molecule has 1 aliphatic rings. The number of likely N-dealkylation sites (tertiary alicyclic amines) is 1. The van der Waals surface area contributed by atoms with Crippen LogP contribution in [-0.4, -0.2) is 44.9 Å². The quantitative estimate of drug-likeness (QED) is 0.481. The second kappa shape index (κ2) is 9.90. The molecule has 1 aliphatic heterocycles. The molecule has 4 rings (SSSR count). The van der Waals surface area contributed by atoms with Crippen molar-refractivity contribution >= 4 is 12.3 Å². The number of aryl methyl sites for hydroxylation is 2. The van der Waals surface area contributed by atoms with Crippen LogP contribution in [-0.2, 0) is 16.0 Å². The van der Waals surface area contributed by atoms with Crippen LogP contribution in [0.5, 0.6) is 5.75 Å². The van der Waals surface area contributed by atoms with Crippen LogP contribution >= 0.6 is 0 Å². The minimum Gasteiger partial charge on any atom is -0.508 e. The third-order valence-electron chi connectivity index (χ3n) is 6.44. The van der Waals surface area contributed by atoms with Gasteiger partial charge in [-0.15, -0.1) is 0 Å². The van der Waals surface area contributed by atoms with Crippen LogP contribution in [0.1, 0.15) is 47.8 Å². The van der Waals surface area contributed by atoms with Gasteiger partial charge in [0, 0.05) is 13.0 Å². The minimum atomic E-state index is -0.686. The Kier molecular flexibility index (Phi) is 6.77. The summed E-state index contributed by atoms with van der Waals surface area (Å²) in [6.45, 7) is 4.43. The molecule has 3 aromatic rings. The number of aromatic hydroxyl groups is 1. The van der Waals surface area contributed by atoms with E-state index in [9.17, 15) is 14.7 Å². The zero-order chi connectivity index (χ0) is 23.4. The molecule has 0 spiro atoms. The fourth-order valence-electron chi connectivity index (χ4n) is 4.75. The Labute approximate surface area is 193 Å². The van der Waals surface area contributed by atoms with E-state index in [4.69, 9.17) is 0 Å². The maximum atomic E-state index is 13.7.